The van der Waals surface area contributed by atoms with Crippen molar-refractivity contribution >= 4 is 0 Å². The summed E-state index contributed by atoms with van der Waals surface area (Å²) < 4.78 is 5.26. The molecule has 0 aliphatic carbocycles. The molecule has 0 aromatic carbocycles. The Morgan fingerprint density at radius 2 is 1.92 bits per heavy atom. The molecule has 2 aliphatic heterocycles. The van der Waals surface area contributed by atoms with Gasteiger partial charge in [-0.1, -0.05) is 6.92 Å². The van der Waals surface area contributed by atoms with Crippen molar-refractivity contribution in [2.75, 3.05) is 26.3 Å². The predicted octanol–water partition coefficient (Wildman–Crippen LogP) is 0.478. The third kappa shape index (κ3) is 2.03. The second-order valence-corrected chi connectivity index (χ2v) is 4.39. The van der Waals surface area contributed by atoms with Crippen molar-refractivity contribution in [2.45, 2.75) is 31.9 Å². The van der Waals surface area contributed by atoms with Gasteiger partial charge in [-0.3, -0.25) is 4.90 Å². The number of aliphatic hydroxyl groups is 1. The fourth-order valence-electron chi connectivity index (χ4n) is 2.24. The highest BCUT2D eigenvalue weighted by Crippen LogP contribution is 2.21. The molecule has 76 valence electrons. The number of hydrogen-bond donors (Lipinski definition) is 1. The smallest absolute Gasteiger partial charge is 0.0950 e. The molecular formula is C10H19NO2. The van der Waals surface area contributed by atoms with Gasteiger partial charge in [-0.25, -0.2) is 0 Å². The Hall–Kier alpha value is -0.120. The van der Waals surface area contributed by atoms with E-state index in [-0.39, 0.29) is 12.1 Å². The summed E-state index contributed by atoms with van der Waals surface area (Å²) in [5, 5.41) is 9.64. The van der Waals surface area contributed by atoms with Crippen LogP contribution < -0.4 is 0 Å². The molecule has 0 spiro atoms. The predicted molar refractivity (Wildman–Crippen MR) is 50.6 cm³/mol. The summed E-state index contributed by atoms with van der Waals surface area (Å²) >= 11 is 0. The quantitative estimate of drug-likeness (QED) is 0.645. The lowest BCUT2D eigenvalue weighted by Crippen LogP contribution is -2.46. The van der Waals surface area contributed by atoms with Gasteiger partial charge in [0.15, 0.2) is 0 Å². The zero-order valence-corrected chi connectivity index (χ0v) is 8.28. The Balaban J connectivity index is 1.86. The monoisotopic (exact) mass is 185 g/mol. The molecule has 13 heavy (non-hydrogen) atoms. The van der Waals surface area contributed by atoms with Crippen molar-refractivity contribution in [1.82, 2.24) is 4.90 Å². The van der Waals surface area contributed by atoms with Crippen LogP contribution in [0.15, 0.2) is 0 Å². The number of nitrogens with zero attached hydrogens (tertiary/aromatic N) is 1. The molecule has 0 saturated carbocycles. The van der Waals surface area contributed by atoms with Crippen molar-refractivity contribution in [1.29, 1.82) is 0 Å². The summed E-state index contributed by atoms with van der Waals surface area (Å²) in [5.74, 6) is 0.857. The van der Waals surface area contributed by atoms with Crippen LogP contribution in [0.4, 0.5) is 0 Å². The highest BCUT2D eigenvalue weighted by atomic mass is 16.5. The zero-order chi connectivity index (χ0) is 9.26. The fraction of sp³-hybridized carbons (Fsp3) is 1.00. The minimum absolute atomic E-state index is 0.256. The van der Waals surface area contributed by atoms with Crippen LogP contribution in [0.5, 0.6) is 0 Å². The summed E-state index contributed by atoms with van der Waals surface area (Å²) in [6.45, 7) is 5.81. The Kier molecular flexibility index (Phi) is 2.86. The minimum atomic E-state index is -0.256. The number of rotatable bonds is 1. The van der Waals surface area contributed by atoms with Crippen LogP contribution in [-0.2, 0) is 4.74 Å². The topological polar surface area (TPSA) is 32.7 Å². The van der Waals surface area contributed by atoms with E-state index in [1.165, 1.54) is 12.8 Å². The summed E-state index contributed by atoms with van der Waals surface area (Å²) in [6.07, 6.45) is 2.28. The van der Waals surface area contributed by atoms with E-state index in [0.717, 1.165) is 25.6 Å². The molecule has 3 heteroatoms. The molecular weight excluding hydrogens is 166 g/mol. The largest absolute Gasteiger partial charge is 0.389 e. The molecule has 2 fully saturated rings. The second-order valence-electron chi connectivity index (χ2n) is 4.39. The Bertz CT molecular complexity index is 166. The molecule has 0 aromatic rings. The number of hydrogen-bond acceptors (Lipinski definition) is 3. The van der Waals surface area contributed by atoms with Crippen LogP contribution in [0.3, 0.4) is 0 Å². The van der Waals surface area contributed by atoms with E-state index in [1.54, 1.807) is 0 Å². The first-order chi connectivity index (χ1) is 6.27. The second kappa shape index (κ2) is 3.95. The molecule has 2 aliphatic rings. The maximum absolute atomic E-state index is 9.64. The van der Waals surface area contributed by atoms with Crippen LogP contribution in [-0.4, -0.2) is 48.5 Å². The van der Waals surface area contributed by atoms with Crippen molar-refractivity contribution in [2.24, 2.45) is 5.92 Å². The lowest BCUT2D eigenvalue weighted by Gasteiger charge is -2.35. The molecule has 3 nitrogen and oxygen atoms in total. The number of ether oxygens (including phenoxy) is 1. The molecule has 0 bridgehead atoms. The van der Waals surface area contributed by atoms with Gasteiger partial charge in [0, 0.05) is 0 Å². The van der Waals surface area contributed by atoms with Crippen LogP contribution in [0.1, 0.15) is 19.8 Å². The number of piperidine rings is 1. The molecule has 2 rings (SSSR count). The normalized spacial score (nSPS) is 38.3. The van der Waals surface area contributed by atoms with Gasteiger partial charge in [0.25, 0.3) is 0 Å². The van der Waals surface area contributed by atoms with E-state index in [0.29, 0.717) is 6.61 Å². The van der Waals surface area contributed by atoms with E-state index < -0.39 is 0 Å². The van der Waals surface area contributed by atoms with Crippen molar-refractivity contribution < 1.29 is 9.84 Å². The van der Waals surface area contributed by atoms with Gasteiger partial charge in [0.2, 0.25) is 0 Å². The average molecular weight is 185 g/mol. The van der Waals surface area contributed by atoms with Crippen LogP contribution >= 0.6 is 0 Å². The molecule has 0 aromatic heterocycles. The molecule has 1 N–H and O–H groups in total. The SMILES string of the molecule is CC1CCN(C2COCC2O)CC1. The van der Waals surface area contributed by atoms with E-state index >= 15 is 0 Å². The molecule has 2 atom stereocenters. The molecule has 0 amide bonds. The van der Waals surface area contributed by atoms with Crippen molar-refractivity contribution in [3.63, 3.8) is 0 Å². The zero-order valence-electron chi connectivity index (χ0n) is 8.28. The van der Waals surface area contributed by atoms with E-state index in [1.807, 2.05) is 0 Å². The fourth-order valence-corrected chi connectivity index (χ4v) is 2.24. The molecule has 2 saturated heterocycles. The Morgan fingerprint density at radius 1 is 1.23 bits per heavy atom. The summed E-state index contributed by atoms with van der Waals surface area (Å²) in [7, 11) is 0. The van der Waals surface area contributed by atoms with Gasteiger partial charge in [-0.15, -0.1) is 0 Å². The van der Waals surface area contributed by atoms with Gasteiger partial charge in [-0.2, -0.15) is 0 Å². The minimum Gasteiger partial charge on any atom is -0.389 e. The van der Waals surface area contributed by atoms with Crippen molar-refractivity contribution in [3.8, 4) is 0 Å². The lowest BCUT2D eigenvalue weighted by atomic mass is 9.97. The van der Waals surface area contributed by atoms with Crippen LogP contribution in [0.25, 0.3) is 0 Å². The number of likely N-dealkylation sites (tertiary alicyclic amines) is 1. The maximum Gasteiger partial charge on any atom is 0.0950 e. The third-order valence-electron chi connectivity index (χ3n) is 3.31. The molecule has 2 heterocycles. The van der Waals surface area contributed by atoms with Gasteiger partial charge in [0.1, 0.15) is 0 Å². The van der Waals surface area contributed by atoms with Crippen LogP contribution in [0, 0.1) is 5.92 Å². The van der Waals surface area contributed by atoms with E-state index in [4.69, 9.17) is 4.74 Å². The first kappa shape index (κ1) is 9.44. The molecule has 0 radical (unpaired) electrons. The van der Waals surface area contributed by atoms with Gasteiger partial charge < -0.3 is 9.84 Å². The van der Waals surface area contributed by atoms with E-state index in [9.17, 15) is 5.11 Å². The lowest BCUT2D eigenvalue weighted by molar-refractivity contribution is 0.0609. The average Bonchev–Trinajstić information content (AvgIpc) is 2.53. The van der Waals surface area contributed by atoms with Gasteiger partial charge in [-0.05, 0) is 31.8 Å². The third-order valence-corrected chi connectivity index (χ3v) is 3.31. The summed E-state index contributed by atoms with van der Waals surface area (Å²) in [5.41, 5.74) is 0. The summed E-state index contributed by atoms with van der Waals surface area (Å²) in [4.78, 5) is 2.39. The summed E-state index contributed by atoms with van der Waals surface area (Å²) in [6, 6.07) is 0.271. The van der Waals surface area contributed by atoms with Gasteiger partial charge in [0.05, 0.1) is 25.4 Å². The maximum atomic E-state index is 9.64. The highest BCUT2D eigenvalue weighted by molar-refractivity contribution is 4.85. The van der Waals surface area contributed by atoms with Crippen molar-refractivity contribution in [3.05, 3.63) is 0 Å². The highest BCUT2D eigenvalue weighted by Gasteiger charge is 2.32. The standard InChI is InChI=1S/C10H19NO2/c1-8-2-4-11(5-3-8)9-6-13-7-10(9)12/h8-10,12H,2-7H2,1H3. The van der Waals surface area contributed by atoms with Crippen LogP contribution in [0.2, 0.25) is 0 Å². The van der Waals surface area contributed by atoms with E-state index in [2.05, 4.69) is 11.8 Å². The number of aliphatic hydroxyl groups excluding tert-OH is 1. The first-order valence-corrected chi connectivity index (χ1v) is 5.27. The molecule has 2 unspecified atom stereocenters. The van der Waals surface area contributed by atoms with Gasteiger partial charge >= 0.3 is 0 Å². The Labute approximate surface area is 79.7 Å². The Morgan fingerprint density at radius 3 is 2.46 bits per heavy atom. The first-order valence-electron chi connectivity index (χ1n) is 5.27.